The third-order valence-electron chi connectivity index (χ3n) is 3.34. The van der Waals surface area contributed by atoms with Crippen LogP contribution in [0.4, 0.5) is 13.2 Å². The Morgan fingerprint density at radius 1 is 1.07 bits per heavy atom. The first kappa shape index (κ1) is 20.5. The Morgan fingerprint density at radius 2 is 1.63 bits per heavy atom. The Balaban J connectivity index is 2.16. The van der Waals surface area contributed by atoms with Crippen molar-refractivity contribution >= 4 is 16.0 Å². The summed E-state index contributed by atoms with van der Waals surface area (Å²) in [5.74, 6) is -2.09. The van der Waals surface area contributed by atoms with Crippen LogP contribution in [0.1, 0.15) is 5.56 Å². The molecular formula is C16H14F3NO6S. The number of hydrogen-bond donors (Lipinski definition) is 3. The van der Waals surface area contributed by atoms with Gasteiger partial charge in [-0.1, -0.05) is 12.1 Å². The van der Waals surface area contributed by atoms with Gasteiger partial charge >= 0.3 is 12.3 Å². The van der Waals surface area contributed by atoms with Gasteiger partial charge in [0.15, 0.2) is 0 Å². The molecule has 2 rings (SSSR count). The maximum Gasteiger partial charge on any atom is 0.573 e. The van der Waals surface area contributed by atoms with E-state index in [1.165, 1.54) is 24.3 Å². The van der Waals surface area contributed by atoms with Gasteiger partial charge in [0, 0.05) is 0 Å². The maximum absolute atomic E-state index is 12.3. The lowest BCUT2D eigenvalue weighted by Gasteiger charge is -2.15. The van der Waals surface area contributed by atoms with Crippen molar-refractivity contribution in [3.8, 4) is 11.5 Å². The molecule has 0 bridgehead atoms. The van der Waals surface area contributed by atoms with Crippen LogP contribution in [0.2, 0.25) is 0 Å². The van der Waals surface area contributed by atoms with Crippen LogP contribution in [0.3, 0.4) is 0 Å². The highest BCUT2D eigenvalue weighted by Crippen LogP contribution is 2.24. The minimum Gasteiger partial charge on any atom is -0.508 e. The molecule has 11 heteroatoms. The van der Waals surface area contributed by atoms with Gasteiger partial charge in [0.25, 0.3) is 0 Å². The Morgan fingerprint density at radius 3 is 2.11 bits per heavy atom. The Labute approximate surface area is 152 Å². The van der Waals surface area contributed by atoms with Gasteiger partial charge in [-0.3, -0.25) is 4.79 Å². The molecule has 0 aliphatic rings. The SMILES string of the molecule is O=C(O)C(Cc1ccc(O)cc1)NS(=O)(=O)c1ccc(OC(F)(F)F)cc1. The zero-order valence-corrected chi connectivity index (χ0v) is 14.3. The first-order valence-electron chi connectivity index (χ1n) is 7.35. The molecule has 2 aromatic rings. The lowest BCUT2D eigenvalue weighted by atomic mass is 10.1. The molecule has 27 heavy (non-hydrogen) atoms. The minimum absolute atomic E-state index is 0.0348. The molecule has 0 radical (unpaired) electrons. The van der Waals surface area contributed by atoms with Gasteiger partial charge in [-0.25, -0.2) is 8.42 Å². The van der Waals surface area contributed by atoms with Crippen LogP contribution in [0.5, 0.6) is 11.5 Å². The van der Waals surface area contributed by atoms with Crippen molar-refractivity contribution in [3.63, 3.8) is 0 Å². The first-order valence-corrected chi connectivity index (χ1v) is 8.83. The van der Waals surface area contributed by atoms with Gasteiger partial charge in [-0.15, -0.1) is 13.2 Å². The number of rotatable bonds is 7. The predicted molar refractivity (Wildman–Crippen MR) is 86.7 cm³/mol. The van der Waals surface area contributed by atoms with E-state index in [0.29, 0.717) is 5.56 Å². The molecule has 0 fully saturated rings. The lowest BCUT2D eigenvalue weighted by Crippen LogP contribution is -2.42. The number of carbonyl (C=O) groups is 1. The standard InChI is InChI=1S/C16H14F3NO6S/c17-16(18,19)26-12-5-7-13(8-6-12)27(24,25)20-14(15(22)23)9-10-1-3-11(21)4-2-10/h1-8,14,20-21H,9H2,(H,22,23). The van der Waals surface area contributed by atoms with Crippen molar-refractivity contribution in [2.24, 2.45) is 0 Å². The summed E-state index contributed by atoms with van der Waals surface area (Å²) in [6.07, 6.45) is -5.12. The van der Waals surface area contributed by atoms with Gasteiger partial charge in [-0.2, -0.15) is 4.72 Å². The summed E-state index contributed by atoms with van der Waals surface area (Å²) < 4.78 is 66.7. The van der Waals surface area contributed by atoms with Crippen LogP contribution in [-0.4, -0.2) is 37.0 Å². The molecule has 0 heterocycles. The number of carboxylic acid groups (broad SMARTS) is 1. The molecule has 0 aliphatic carbocycles. The van der Waals surface area contributed by atoms with Crippen molar-refractivity contribution < 1.29 is 41.3 Å². The average Bonchev–Trinajstić information content (AvgIpc) is 2.55. The first-order chi connectivity index (χ1) is 12.5. The second-order valence-corrected chi connectivity index (χ2v) is 7.12. The zero-order chi connectivity index (χ0) is 20.2. The fourth-order valence-corrected chi connectivity index (χ4v) is 3.31. The summed E-state index contributed by atoms with van der Waals surface area (Å²) in [6.45, 7) is 0. The number of aromatic hydroxyl groups is 1. The molecule has 0 aromatic heterocycles. The average molecular weight is 405 g/mol. The van der Waals surface area contributed by atoms with Gasteiger partial charge in [0.05, 0.1) is 4.90 Å². The number of aliphatic carboxylic acids is 1. The summed E-state index contributed by atoms with van der Waals surface area (Å²) in [4.78, 5) is 10.9. The van der Waals surface area contributed by atoms with Crippen molar-refractivity contribution in [1.82, 2.24) is 4.72 Å². The third kappa shape index (κ3) is 6.15. The van der Waals surface area contributed by atoms with Crippen molar-refractivity contribution in [2.45, 2.75) is 23.7 Å². The van der Waals surface area contributed by atoms with Crippen molar-refractivity contribution in [1.29, 1.82) is 0 Å². The summed E-state index contributed by atoms with van der Waals surface area (Å²) in [6, 6.07) is 7.32. The number of sulfonamides is 1. The second-order valence-electron chi connectivity index (χ2n) is 5.40. The van der Waals surface area contributed by atoms with Crippen LogP contribution in [0.15, 0.2) is 53.4 Å². The predicted octanol–water partition coefficient (Wildman–Crippen LogP) is 2.27. The molecule has 3 N–H and O–H groups in total. The summed E-state index contributed by atoms with van der Waals surface area (Å²) in [5.41, 5.74) is 0.455. The molecule has 7 nitrogen and oxygen atoms in total. The number of carboxylic acids is 1. The number of benzene rings is 2. The van der Waals surface area contributed by atoms with E-state index in [1.807, 2.05) is 4.72 Å². The normalized spacial score (nSPS) is 13.1. The van der Waals surface area contributed by atoms with E-state index < -0.39 is 39.0 Å². The Bertz CT molecular complexity index is 895. The summed E-state index contributed by atoms with van der Waals surface area (Å²) in [5, 5.41) is 18.5. The highest BCUT2D eigenvalue weighted by molar-refractivity contribution is 7.89. The number of phenols is 1. The molecule has 146 valence electrons. The second kappa shape index (κ2) is 7.84. The molecule has 0 aliphatic heterocycles. The molecule has 0 amide bonds. The highest BCUT2D eigenvalue weighted by Gasteiger charge is 2.31. The van der Waals surface area contributed by atoms with Gasteiger partial charge in [0.1, 0.15) is 17.5 Å². The smallest absolute Gasteiger partial charge is 0.508 e. The number of halogens is 3. The van der Waals surface area contributed by atoms with Crippen LogP contribution < -0.4 is 9.46 Å². The monoisotopic (exact) mass is 405 g/mol. The molecule has 2 aromatic carbocycles. The van der Waals surface area contributed by atoms with E-state index in [-0.39, 0.29) is 12.2 Å². The van der Waals surface area contributed by atoms with Gasteiger partial charge in [-0.05, 0) is 48.4 Å². The van der Waals surface area contributed by atoms with Gasteiger partial charge in [0.2, 0.25) is 10.0 Å². The molecular weight excluding hydrogens is 391 g/mol. The number of ether oxygens (including phenoxy) is 1. The number of alkyl halides is 3. The molecule has 1 atom stereocenters. The van der Waals surface area contributed by atoms with Crippen molar-refractivity contribution in [2.75, 3.05) is 0 Å². The molecule has 0 saturated heterocycles. The minimum atomic E-state index is -4.92. The summed E-state index contributed by atoms with van der Waals surface area (Å²) in [7, 11) is -4.31. The van der Waals surface area contributed by atoms with Crippen LogP contribution in [-0.2, 0) is 21.2 Å². The van der Waals surface area contributed by atoms with Crippen LogP contribution in [0.25, 0.3) is 0 Å². The summed E-state index contributed by atoms with van der Waals surface area (Å²) >= 11 is 0. The van der Waals surface area contributed by atoms with Crippen LogP contribution >= 0.6 is 0 Å². The Kier molecular flexibility index (Phi) is 5.96. The highest BCUT2D eigenvalue weighted by atomic mass is 32.2. The maximum atomic E-state index is 12.3. The Hall–Kier alpha value is -2.79. The van der Waals surface area contributed by atoms with E-state index in [1.54, 1.807) is 0 Å². The van der Waals surface area contributed by atoms with E-state index in [4.69, 9.17) is 0 Å². The number of nitrogens with one attached hydrogen (secondary N) is 1. The molecule has 1 unspecified atom stereocenters. The quantitative estimate of drug-likeness (QED) is 0.651. The third-order valence-corrected chi connectivity index (χ3v) is 4.83. The zero-order valence-electron chi connectivity index (χ0n) is 13.5. The largest absolute Gasteiger partial charge is 0.573 e. The van der Waals surface area contributed by atoms with Gasteiger partial charge < -0.3 is 14.9 Å². The molecule has 0 spiro atoms. The fraction of sp³-hybridized carbons (Fsp3) is 0.188. The van der Waals surface area contributed by atoms with Crippen LogP contribution in [0, 0.1) is 0 Å². The van der Waals surface area contributed by atoms with E-state index in [2.05, 4.69) is 4.74 Å². The van der Waals surface area contributed by atoms with Crippen molar-refractivity contribution in [3.05, 3.63) is 54.1 Å². The van der Waals surface area contributed by atoms with E-state index in [9.17, 15) is 36.6 Å². The number of hydrogen-bond acceptors (Lipinski definition) is 5. The topological polar surface area (TPSA) is 113 Å². The van der Waals surface area contributed by atoms with E-state index in [0.717, 1.165) is 24.3 Å². The van der Waals surface area contributed by atoms with E-state index >= 15 is 0 Å². The number of phenolic OH excluding ortho intramolecular Hbond substituents is 1. The fourth-order valence-electron chi connectivity index (χ4n) is 2.12. The lowest BCUT2D eigenvalue weighted by molar-refractivity contribution is -0.274. The molecule has 0 saturated carbocycles.